The smallest absolute Gasteiger partial charge is 0.248 e. The largest absolute Gasteiger partial charge is 0.290 e. The number of rotatable bonds is 4. The third-order valence-electron chi connectivity index (χ3n) is 2.24. The first-order chi connectivity index (χ1) is 8.79. The maximum Gasteiger partial charge on any atom is 0.248 e. The fraction of sp³-hybridized carbons (Fsp3) is 0.167. The van der Waals surface area contributed by atoms with Crippen molar-refractivity contribution >= 4 is 16.9 Å². The second-order valence-corrected chi connectivity index (χ2v) is 3.59. The molecule has 1 amide bonds. The van der Waals surface area contributed by atoms with E-state index in [9.17, 15) is 4.79 Å². The van der Waals surface area contributed by atoms with Gasteiger partial charge in [-0.2, -0.15) is 5.26 Å². The van der Waals surface area contributed by atoms with Crippen LogP contribution in [0.25, 0.3) is 11.0 Å². The van der Waals surface area contributed by atoms with Gasteiger partial charge in [-0.1, -0.05) is 12.1 Å². The van der Waals surface area contributed by atoms with Crippen LogP contribution in [-0.2, 0) is 11.3 Å². The van der Waals surface area contributed by atoms with Crippen molar-refractivity contribution in [2.24, 2.45) is 0 Å². The van der Waals surface area contributed by atoms with Crippen molar-refractivity contribution in [3.63, 3.8) is 0 Å². The number of nitriles is 1. The monoisotopic (exact) mass is 241 g/mol. The number of amides is 1. The summed E-state index contributed by atoms with van der Waals surface area (Å²) in [7, 11) is 0. The van der Waals surface area contributed by atoms with Crippen molar-refractivity contribution in [3.8, 4) is 6.07 Å². The molecule has 90 valence electrons. The molecule has 6 nitrogen and oxygen atoms in total. The zero-order valence-electron chi connectivity index (χ0n) is 9.55. The van der Waals surface area contributed by atoms with Crippen LogP contribution in [0.5, 0.6) is 0 Å². The van der Waals surface area contributed by atoms with Gasteiger partial charge in [0.1, 0.15) is 6.42 Å². The summed E-state index contributed by atoms with van der Waals surface area (Å²) in [6, 6.07) is 9.31. The average molecular weight is 241 g/mol. The summed E-state index contributed by atoms with van der Waals surface area (Å²) < 4.78 is 0. The van der Waals surface area contributed by atoms with Gasteiger partial charge in [-0.05, 0) is 12.1 Å². The van der Waals surface area contributed by atoms with Gasteiger partial charge in [-0.15, -0.1) is 0 Å². The average Bonchev–Trinajstić information content (AvgIpc) is 2.39. The number of nitrogens with zero attached hydrogens (tertiary/aromatic N) is 3. The van der Waals surface area contributed by atoms with Gasteiger partial charge in [-0.25, -0.2) is 10.4 Å². The van der Waals surface area contributed by atoms with Crippen molar-refractivity contribution in [2.45, 2.75) is 13.0 Å². The van der Waals surface area contributed by atoms with E-state index >= 15 is 0 Å². The molecule has 2 N–H and O–H groups in total. The van der Waals surface area contributed by atoms with E-state index in [4.69, 9.17) is 5.26 Å². The fourth-order valence-corrected chi connectivity index (χ4v) is 1.43. The molecule has 0 fully saturated rings. The van der Waals surface area contributed by atoms with Gasteiger partial charge in [0.25, 0.3) is 0 Å². The van der Waals surface area contributed by atoms with Gasteiger partial charge >= 0.3 is 0 Å². The van der Waals surface area contributed by atoms with E-state index in [2.05, 4.69) is 20.8 Å². The highest BCUT2D eigenvalue weighted by Crippen LogP contribution is 2.07. The lowest BCUT2D eigenvalue weighted by Crippen LogP contribution is -2.36. The summed E-state index contributed by atoms with van der Waals surface area (Å²) in [6.07, 6.45) is 1.47. The SMILES string of the molecule is N#CCC(=O)NNCc1cnc2ccccc2n1. The van der Waals surface area contributed by atoms with E-state index in [0.717, 1.165) is 11.0 Å². The highest BCUT2D eigenvalue weighted by Gasteiger charge is 2.01. The summed E-state index contributed by atoms with van der Waals surface area (Å²) in [5.41, 5.74) is 7.45. The Morgan fingerprint density at radius 2 is 2.11 bits per heavy atom. The molecular formula is C12H11N5O. The summed E-state index contributed by atoms with van der Waals surface area (Å²) >= 11 is 0. The minimum atomic E-state index is -0.369. The number of hydrazine groups is 1. The number of hydrogen-bond donors (Lipinski definition) is 2. The van der Waals surface area contributed by atoms with E-state index in [1.165, 1.54) is 0 Å². The Balaban J connectivity index is 1.96. The van der Waals surface area contributed by atoms with Crippen LogP contribution in [0.4, 0.5) is 0 Å². The first kappa shape index (κ1) is 12.0. The van der Waals surface area contributed by atoms with E-state index < -0.39 is 0 Å². The van der Waals surface area contributed by atoms with Gasteiger partial charge in [-0.3, -0.25) is 15.2 Å². The lowest BCUT2D eigenvalue weighted by Gasteiger charge is -2.05. The molecule has 0 spiro atoms. The molecule has 0 aliphatic rings. The highest BCUT2D eigenvalue weighted by molar-refractivity contribution is 5.77. The molecule has 0 atom stereocenters. The van der Waals surface area contributed by atoms with E-state index in [0.29, 0.717) is 12.2 Å². The van der Waals surface area contributed by atoms with Crippen molar-refractivity contribution in [3.05, 3.63) is 36.2 Å². The fourth-order valence-electron chi connectivity index (χ4n) is 1.43. The predicted octanol–water partition coefficient (Wildman–Crippen LogP) is 0.664. The van der Waals surface area contributed by atoms with Crippen molar-refractivity contribution < 1.29 is 4.79 Å². The second-order valence-electron chi connectivity index (χ2n) is 3.59. The second kappa shape index (κ2) is 5.70. The molecular weight excluding hydrogens is 230 g/mol. The summed E-state index contributed by atoms with van der Waals surface area (Å²) in [4.78, 5) is 19.6. The topological polar surface area (TPSA) is 90.7 Å². The normalized spacial score (nSPS) is 9.94. The molecule has 1 aromatic carbocycles. The molecule has 2 rings (SSSR count). The van der Waals surface area contributed by atoms with Gasteiger partial charge in [0.15, 0.2) is 0 Å². The lowest BCUT2D eigenvalue weighted by molar-refractivity contribution is -0.121. The number of hydrogen-bond acceptors (Lipinski definition) is 5. The van der Waals surface area contributed by atoms with Crippen LogP contribution in [0, 0.1) is 11.3 Å². The minimum Gasteiger partial charge on any atom is -0.290 e. The Bertz CT molecular complexity index is 605. The molecule has 1 aromatic heterocycles. The Hall–Kier alpha value is -2.52. The minimum absolute atomic E-state index is 0.170. The number of fused-ring (bicyclic) bond motifs is 1. The van der Waals surface area contributed by atoms with Gasteiger partial charge < -0.3 is 0 Å². The Morgan fingerprint density at radius 1 is 1.33 bits per heavy atom. The molecule has 1 heterocycles. The predicted molar refractivity (Wildman–Crippen MR) is 64.8 cm³/mol. The summed E-state index contributed by atoms with van der Waals surface area (Å²) in [5, 5.41) is 8.31. The molecule has 0 bridgehead atoms. The molecule has 0 unspecified atom stereocenters. The van der Waals surface area contributed by atoms with Gasteiger partial charge in [0.05, 0.1) is 35.5 Å². The van der Waals surface area contributed by atoms with E-state index in [1.807, 2.05) is 24.3 Å². The maximum atomic E-state index is 11.0. The third kappa shape index (κ3) is 2.99. The standard InChI is InChI=1S/C12H11N5O/c13-6-5-12(18)17-15-8-9-7-14-10-3-1-2-4-11(10)16-9/h1-4,7,15H,5,8H2,(H,17,18). The quantitative estimate of drug-likeness (QED) is 0.767. The third-order valence-corrected chi connectivity index (χ3v) is 2.24. The number of benzene rings is 1. The van der Waals surface area contributed by atoms with Crippen LogP contribution in [0.2, 0.25) is 0 Å². The van der Waals surface area contributed by atoms with E-state index in [-0.39, 0.29) is 12.3 Å². The van der Waals surface area contributed by atoms with Crippen molar-refractivity contribution in [1.29, 1.82) is 5.26 Å². The number of carbonyl (C=O) groups excluding carboxylic acids is 1. The first-order valence-electron chi connectivity index (χ1n) is 5.39. The summed E-state index contributed by atoms with van der Waals surface area (Å²) in [6.45, 7) is 0.356. The van der Waals surface area contributed by atoms with Crippen LogP contribution in [-0.4, -0.2) is 15.9 Å². The lowest BCUT2D eigenvalue weighted by atomic mass is 10.3. The van der Waals surface area contributed by atoms with Gasteiger partial charge in [0.2, 0.25) is 5.91 Å². The molecule has 0 aliphatic heterocycles. The van der Waals surface area contributed by atoms with Crippen LogP contribution in [0.15, 0.2) is 30.5 Å². The highest BCUT2D eigenvalue weighted by atomic mass is 16.2. The molecule has 6 heteroatoms. The number of nitrogens with one attached hydrogen (secondary N) is 2. The van der Waals surface area contributed by atoms with Gasteiger partial charge in [0, 0.05) is 0 Å². The maximum absolute atomic E-state index is 11.0. The molecule has 0 saturated carbocycles. The van der Waals surface area contributed by atoms with Crippen molar-refractivity contribution in [1.82, 2.24) is 20.8 Å². The number of carbonyl (C=O) groups is 1. The van der Waals surface area contributed by atoms with Crippen LogP contribution in [0.1, 0.15) is 12.1 Å². The van der Waals surface area contributed by atoms with E-state index in [1.54, 1.807) is 12.3 Å². The molecule has 0 saturated heterocycles. The molecule has 0 aliphatic carbocycles. The van der Waals surface area contributed by atoms with Crippen LogP contribution >= 0.6 is 0 Å². The molecule has 2 aromatic rings. The zero-order chi connectivity index (χ0) is 12.8. The van der Waals surface area contributed by atoms with Crippen LogP contribution in [0.3, 0.4) is 0 Å². The number of aromatic nitrogens is 2. The number of para-hydroxylation sites is 2. The van der Waals surface area contributed by atoms with Crippen LogP contribution < -0.4 is 10.9 Å². The Labute approximate surface area is 104 Å². The Morgan fingerprint density at radius 3 is 2.89 bits per heavy atom. The molecule has 18 heavy (non-hydrogen) atoms. The zero-order valence-corrected chi connectivity index (χ0v) is 9.55. The summed E-state index contributed by atoms with van der Waals surface area (Å²) in [5.74, 6) is -0.369. The van der Waals surface area contributed by atoms with Crippen molar-refractivity contribution in [2.75, 3.05) is 0 Å². The first-order valence-corrected chi connectivity index (χ1v) is 5.39. The molecule has 0 radical (unpaired) electrons. The Kier molecular flexibility index (Phi) is 3.79.